The van der Waals surface area contributed by atoms with E-state index in [1.165, 1.54) is 30.8 Å². The highest BCUT2D eigenvalue weighted by atomic mass is 127. The van der Waals surface area contributed by atoms with Crippen LogP contribution in [-0.2, 0) is 4.74 Å². The van der Waals surface area contributed by atoms with Gasteiger partial charge in [-0.1, -0.05) is 13.3 Å². The van der Waals surface area contributed by atoms with Crippen molar-refractivity contribution in [1.82, 2.24) is 15.5 Å². The fraction of sp³-hybridized carbons (Fsp3) is 0.938. The van der Waals surface area contributed by atoms with E-state index in [1.54, 1.807) is 0 Å². The minimum absolute atomic E-state index is 0. The second-order valence-corrected chi connectivity index (χ2v) is 7.21. The topological polar surface area (TPSA) is 48.9 Å². The van der Waals surface area contributed by atoms with Crippen molar-refractivity contribution in [2.75, 3.05) is 57.4 Å². The highest BCUT2D eigenvalue weighted by Gasteiger charge is 2.40. The zero-order valence-corrected chi connectivity index (χ0v) is 17.8. The molecule has 0 radical (unpaired) electrons. The van der Waals surface area contributed by atoms with E-state index >= 15 is 0 Å². The summed E-state index contributed by atoms with van der Waals surface area (Å²) in [5.74, 6) is 3.43. The summed E-state index contributed by atoms with van der Waals surface area (Å²) in [4.78, 5) is 7.53. The van der Waals surface area contributed by atoms with Crippen molar-refractivity contribution in [1.29, 1.82) is 0 Å². The normalized spacial score (nSPS) is 25.9. The number of nitrogens with one attached hydrogen (secondary N) is 2. The molecule has 0 spiro atoms. The highest BCUT2D eigenvalue weighted by molar-refractivity contribution is 14.0. The van der Waals surface area contributed by atoms with E-state index in [1.807, 2.05) is 0 Å². The van der Waals surface area contributed by atoms with Crippen molar-refractivity contribution in [3.63, 3.8) is 0 Å². The first kappa shape index (κ1) is 21.3. The zero-order valence-electron chi connectivity index (χ0n) is 14.6. The van der Waals surface area contributed by atoms with Gasteiger partial charge in [0.2, 0.25) is 0 Å². The number of rotatable bonds is 7. The molecule has 0 bridgehead atoms. The molecule has 7 heteroatoms. The smallest absolute Gasteiger partial charge is 0.191 e. The Bertz CT molecular complexity index is 345. The first-order valence-corrected chi connectivity index (χ1v) is 9.89. The molecule has 0 aromatic carbocycles. The van der Waals surface area contributed by atoms with E-state index in [2.05, 4.69) is 41.1 Å². The summed E-state index contributed by atoms with van der Waals surface area (Å²) < 4.78 is 5.52. The van der Waals surface area contributed by atoms with Gasteiger partial charge in [-0.25, -0.2) is 0 Å². The molecule has 0 amide bonds. The van der Waals surface area contributed by atoms with Gasteiger partial charge in [0.05, 0.1) is 25.3 Å². The minimum Gasteiger partial charge on any atom is -0.379 e. The molecule has 2 N–H and O–H groups in total. The summed E-state index contributed by atoms with van der Waals surface area (Å²) in [5, 5.41) is 6.83. The van der Waals surface area contributed by atoms with E-state index < -0.39 is 0 Å². The minimum atomic E-state index is 0. The van der Waals surface area contributed by atoms with Gasteiger partial charge >= 0.3 is 0 Å². The predicted octanol–water partition coefficient (Wildman–Crippen LogP) is 2.17. The Balaban J connectivity index is 0.00000264. The van der Waals surface area contributed by atoms with Crippen LogP contribution in [0.3, 0.4) is 0 Å². The molecule has 136 valence electrons. The van der Waals surface area contributed by atoms with Gasteiger partial charge in [-0.2, -0.15) is 11.8 Å². The highest BCUT2D eigenvalue weighted by Crippen LogP contribution is 2.34. The molecule has 0 saturated carbocycles. The molecule has 0 aromatic rings. The van der Waals surface area contributed by atoms with Crippen molar-refractivity contribution < 1.29 is 4.74 Å². The molecule has 2 fully saturated rings. The monoisotopic (exact) mass is 456 g/mol. The summed E-state index contributed by atoms with van der Waals surface area (Å²) in [6, 6.07) is 0. The van der Waals surface area contributed by atoms with E-state index in [0.717, 1.165) is 51.9 Å². The van der Waals surface area contributed by atoms with E-state index in [0.29, 0.717) is 0 Å². The van der Waals surface area contributed by atoms with Crippen LogP contribution in [0.2, 0.25) is 0 Å². The number of thioether (sulfide) groups is 1. The molecule has 2 rings (SSSR count). The number of morpholine rings is 1. The van der Waals surface area contributed by atoms with Crippen LogP contribution in [0.4, 0.5) is 0 Å². The predicted molar refractivity (Wildman–Crippen MR) is 111 cm³/mol. The van der Waals surface area contributed by atoms with E-state index in [4.69, 9.17) is 9.73 Å². The van der Waals surface area contributed by atoms with Gasteiger partial charge in [-0.3, -0.25) is 9.89 Å². The van der Waals surface area contributed by atoms with Crippen LogP contribution < -0.4 is 10.6 Å². The van der Waals surface area contributed by atoms with Crippen molar-refractivity contribution in [3.8, 4) is 0 Å². The molecule has 5 nitrogen and oxygen atoms in total. The maximum atomic E-state index is 5.52. The Morgan fingerprint density at radius 2 is 2.04 bits per heavy atom. The second-order valence-electron chi connectivity index (χ2n) is 6.10. The number of hydrogen-bond acceptors (Lipinski definition) is 4. The molecule has 1 atom stereocenters. The second kappa shape index (κ2) is 11.8. The van der Waals surface area contributed by atoms with Crippen molar-refractivity contribution in [3.05, 3.63) is 0 Å². The number of unbranched alkanes of at least 4 members (excludes halogenated alkanes) is 1. The van der Waals surface area contributed by atoms with Crippen LogP contribution in [-0.4, -0.2) is 73.8 Å². The molecule has 1 unspecified atom stereocenters. The largest absolute Gasteiger partial charge is 0.379 e. The Morgan fingerprint density at radius 3 is 2.65 bits per heavy atom. The molecule has 2 saturated heterocycles. The van der Waals surface area contributed by atoms with Crippen LogP contribution in [0, 0.1) is 0 Å². The molecule has 23 heavy (non-hydrogen) atoms. The molecular weight excluding hydrogens is 423 g/mol. The molecule has 0 aromatic heterocycles. The maximum Gasteiger partial charge on any atom is 0.191 e. The van der Waals surface area contributed by atoms with Gasteiger partial charge in [0, 0.05) is 31.9 Å². The Morgan fingerprint density at radius 1 is 1.26 bits per heavy atom. The van der Waals surface area contributed by atoms with Crippen molar-refractivity contribution >= 4 is 41.7 Å². The van der Waals surface area contributed by atoms with Crippen LogP contribution in [0.1, 0.15) is 33.1 Å². The summed E-state index contributed by atoms with van der Waals surface area (Å²) in [6.45, 7) is 11.0. The van der Waals surface area contributed by atoms with E-state index in [-0.39, 0.29) is 29.5 Å². The number of halogens is 1. The zero-order chi connectivity index (χ0) is 15.7. The fourth-order valence-corrected chi connectivity index (χ4v) is 4.53. The summed E-state index contributed by atoms with van der Waals surface area (Å²) >= 11 is 2.07. The van der Waals surface area contributed by atoms with Crippen LogP contribution >= 0.6 is 35.7 Å². The fourth-order valence-electron chi connectivity index (χ4n) is 3.06. The molecule has 0 aliphatic carbocycles. The van der Waals surface area contributed by atoms with Gasteiger partial charge in [-0.15, -0.1) is 24.0 Å². The lowest BCUT2D eigenvalue weighted by atomic mass is 9.96. The average Bonchev–Trinajstić information content (AvgIpc) is 3.04. The van der Waals surface area contributed by atoms with Gasteiger partial charge in [0.25, 0.3) is 0 Å². The SMILES string of the molecule is CCCCNC(=NCC1(N2CCOCC2)CCSC1)NCC.I. The Hall–Kier alpha value is 0.270. The molecular formula is C16H33IN4OS. The quantitative estimate of drug-likeness (QED) is 0.266. The maximum absolute atomic E-state index is 5.52. The van der Waals surface area contributed by atoms with Gasteiger partial charge in [0.15, 0.2) is 5.96 Å². The van der Waals surface area contributed by atoms with Gasteiger partial charge in [-0.05, 0) is 25.5 Å². The molecule has 2 aliphatic rings. The van der Waals surface area contributed by atoms with Crippen LogP contribution in [0.5, 0.6) is 0 Å². The summed E-state index contributed by atoms with van der Waals surface area (Å²) in [7, 11) is 0. The van der Waals surface area contributed by atoms with Gasteiger partial charge in [0.1, 0.15) is 0 Å². The first-order chi connectivity index (χ1) is 10.8. The molecule has 2 aliphatic heterocycles. The lowest BCUT2D eigenvalue weighted by molar-refractivity contribution is -0.0104. The summed E-state index contributed by atoms with van der Waals surface area (Å²) in [5.41, 5.74) is 0.238. The first-order valence-electron chi connectivity index (χ1n) is 8.73. The van der Waals surface area contributed by atoms with Gasteiger partial charge < -0.3 is 15.4 Å². The van der Waals surface area contributed by atoms with Crippen molar-refractivity contribution in [2.24, 2.45) is 4.99 Å². The number of guanidine groups is 1. The third-order valence-corrected chi connectivity index (χ3v) is 5.70. The average molecular weight is 456 g/mol. The Kier molecular flexibility index (Phi) is 10.9. The lowest BCUT2D eigenvalue weighted by Crippen LogP contribution is -2.56. The van der Waals surface area contributed by atoms with Crippen LogP contribution in [0.15, 0.2) is 4.99 Å². The Labute approximate surface area is 162 Å². The number of aliphatic imine (C=N–C) groups is 1. The number of hydrogen-bond donors (Lipinski definition) is 2. The number of nitrogens with zero attached hydrogens (tertiary/aromatic N) is 2. The standard InChI is InChI=1S/C16H32N4OS.HI/c1-3-5-7-18-15(17-4-2)19-13-16(6-12-22-14-16)20-8-10-21-11-9-20;/h3-14H2,1-2H3,(H2,17,18,19);1H. The van der Waals surface area contributed by atoms with Crippen molar-refractivity contribution in [2.45, 2.75) is 38.6 Å². The van der Waals surface area contributed by atoms with E-state index in [9.17, 15) is 0 Å². The summed E-state index contributed by atoms with van der Waals surface area (Å²) in [6.07, 6.45) is 3.64. The number of ether oxygens (including phenoxy) is 1. The van der Waals surface area contributed by atoms with Crippen LogP contribution in [0.25, 0.3) is 0 Å². The third kappa shape index (κ3) is 6.59. The third-order valence-electron chi connectivity index (χ3n) is 4.46. The lowest BCUT2D eigenvalue weighted by Gasteiger charge is -2.42. The molecule has 2 heterocycles.